The summed E-state index contributed by atoms with van der Waals surface area (Å²) in [5.41, 5.74) is 1.77. The predicted octanol–water partition coefficient (Wildman–Crippen LogP) is 2.93. The molecule has 3 rings (SSSR count). The van der Waals surface area contributed by atoms with Crippen molar-refractivity contribution in [2.75, 3.05) is 26.9 Å². The lowest BCUT2D eigenvalue weighted by Crippen LogP contribution is -2.44. The van der Waals surface area contributed by atoms with Crippen LogP contribution in [0.1, 0.15) is 23.6 Å². The van der Waals surface area contributed by atoms with Crippen molar-refractivity contribution < 1.29 is 14.3 Å². The van der Waals surface area contributed by atoms with Crippen LogP contribution in [0, 0.1) is 0 Å². The Morgan fingerprint density at radius 2 is 2.19 bits per heavy atom. The van der Waals surface area contributed by atoms with Gasteiger partial charge in [-0.25, -0.2) is 0 Å². The van der Waals surface area contributed by atoms with Crippen molar-refractivity contribution in [3.8, 4) is 5.75 Å². The van der Waals surface area contributed by atoms with E-state index in [0.29, 0.717) is 24.7 Å². The lowest BCUT2D eigenvalue weighted by molar-refractivity contribution is -0.122. The van der Waals surface area contributed by atoms with E-state index in [1.54, 1.807) is 7.11 Å². The van der Waals surface area contributed by atoms with Crippen LogP contribution in [0.3, 0.4) is 0 Å². The summed E-state index contributed by atoms with van der Waals surface area (Å²) in [6, 6.07) is 14.9. The Kier molecular flexibility index (Phi) is 6.50. The number of carbonyl (C=O) groups excluding carboxylic acids is 1. The van der Waals surface area contributed by atoms with Crippen molar-refractivity contribution in [3.63, 3.8) is 0 Å². The minimum atomic E-state index is -0.351. The molecule has 0 saturated carbocycles. The molecule has 2 N–H and O–H groups in total. The molecule has 2 aromatic rings. The molecule has 0 radical (unpaired) electrons. The van der Waals surface area contributed by atoms with Gasteiger partial charge in [0.05, 0.1) is 26.4 Å². The van der Waals surface area contributed by atoms with E-state index in [-0.39, 0.29) is 18.0 Å². The molecule has 0 spiro atoms. The summed E-state index contributed by atoms with van der Waals surface area (Å²) in [6.45, 7) is 2.00. The Morgan fingerprint density at radius 3 is 2.92 bits per heavy atom. The first-order valence-corrected chi connectivity index (χ1v) is 9.04. The summed E-state index contributed by atoms with van der Waals surface area (Å²) < 4.78 is 10.8. The topological polar surface area (TPSA) is 59.6 Å². The van der Waals surface area contributed by atoms with Gasteiger partial charge in [0.15, 0.2) is 0 Å². The van der Waals surface area contributed by atoms with Crippen LogP contribution >= 0.6 is 11.6 Å². The SMILES string of the molecule is COc1cccc(C(NC(=O)CC2COCCN2)c2ccccc2Cl)c1. The van der Waals surface area contributed by atoms with Gasteiger partial charge in [-0.15, -0.1) is 0 Å². The molecule has 1 fully saturated rings. The zero-order valence-corrected chi connectivity index (χ0v) is 15.5. The van der Waals surface area contributed by atoms with Crippen molar-refractivity contribution in [2.24, 2.45) is 0 Å². The third kappa shape index (κ3) is 4.75. The van der Waals surface area contributed by atoms with Gasteiger partial charge in [0, 0.05) is 24.0 Å². The van der Waals surface area contributed by atoms with E-state index in [1.165, 1.54) is 0 Å². The highest BCUT2D eigenvalue weighted by atomic mass is 35.5. The first-order valence-electron chi connectivity index (χ1n) is 8.66. The second kappa shape index (κ2) is 9.03. The third-order valence-corrected chi connectivity index (χ3v) is 4.72. The quantitative estimate of drug-likeness (QED) is 0.816. The van der Waals surface area contributed by atoms with E-state index >= 15 is 0 Å². The first-order chi connectivity index (χ1) is 12.7. The predicted molar refractivity (Wildman–Crippen MR) is 102 cm³/mol. The van der Waals surface area contributed by atoms with Gasteiger partial charge in [-0.05, 0) is 29.3 Å². The van der Waals surface area contributed by atoms with Crippen molar-refractivity contribution in [2.45, 2.75) is 18.5 Å². The van der Waals surface area contributed by atoms with Crippen LogP contribution in [0.25, 0.3) is 0 Å². The van der Waals surface area contributed by atoms with Crippen molar-refractivity contribution in [1.82, 2.24) is 10.6 Å². The van der Waals surface area contributed by atoms with Crippen LogP contribution in [-0.4, -0.2) is 38.8 Å². The second-order valence-corrected chi connectivity index (χ2v) is 6.64. The van der Waals surface area contributed by atoms with E-state index in [0.717, 1.165) is 23.4 Å². The Labute approximate surface area is 158 Å². The van der Waals surface area contributed by atoms with Gasteiger partial charge >= 0.3 is 0 Å². The lowest BCUT2D eigenvalue weighted by atomic mass is 9.98. The molecule has 1 aliphatic rings. The summed E-state index contributed by atoms with van der Waals surface area (Å²) in [4.78, 5) is 12.7. The number of hydrogen-bond acceptors (Lipinski definition) is 4. The van der Waals surface area contributed by atoms with Crippen LogP contribution in [0.5, 0.6) is 5.75 Å². The van der Waals surface area contributed by atoms with Crippen molar-refractivity contribution in [3.05, 3.63) is 64.7 Å². The molecule has 1 heterocycles. The van der Waals surface area contributed by atoms with E-state index in [4.69, 9.17) is 21.1 Å². The molecule has 2 atom stereocenters. The number of methoxy groups -OCH3 is 1. The number of rotatable bonds is 6. The van der Waals surface area contributed by atoms with Crippen molar-refractivity contribution >= 4 is 17.5 Å². The molecule has 1 amide bonds. The number of benzene rings is 2. The van der Waals surface area contributed by atoms with Crippen LogP contribution in [0.2, 0.25) is 5.02 Å². The zero-order chi connectivity index (χ0) is 18.4. The monoisotopic (exact) mass is 374 g/mol. The van der Waals surface area contributed by atoms with Crippen LogP contribution in [0.15, 0.2) is 48.5 Å². The van der Waals surface area contributed by atoms with E-state index < -0.39 is 0 Å². The number of halogens is 1. The summed E-state index contributed by atoms with van der Waals surface area (Å²) in [5, 5.41) is 7.03. The molecule has 0 bridgehead atoms. The number of nitrogens with one attached hydrogen (secondary N) is 2. The Hall–Kier alpha value is -2.08. The number of amides is 1. The number of morpholine rings is 1. The molecule has 0 aromatic heterocycles. The molecule has 26 heavy (non-hydrogen) atoms. The van der Waals surface area contributed by atoms with Crippen molar-refractivity contribution in [1.29, 1.82) is 0 Å². The van der Waals surface area contributed by atoms with Gasteiger partial charge in [-0.2, -0.15) is 0 Å². The van der Waals surface area contributed by atoms with Crippen LogP contribution in [-0.2, 0) is 9.53 Å². The minimum absolute atomic E-state index is 0.0287. The lowest BCUT2D eigenvalue weighted by Gasteiger charge is -2.25. The normalized spacial score (nSPS) is 18.2. The van der Waals surface area contributed by atoms with Gasteiger partial charge in [0.1, 0.15) is 5.75 Å². The summed E-state index contributed by atoms with van der Waals surface area (Å²) >= 11 is 6.40. The fourth-order valence-electron chi connectivity index (χ4n) is 3.07. The van der Waals surface area contributed by atoms with Gasteiger partial charge in [0.2, 0.25) is 5.91 Å². The Bertz CT molecular complexity index is 747. The molecule has 1 aliphatic heterocycles. The molecule has 138 valence electrons. The molecule has 2 unspecified atom stereocenters. The second-order valence-electron chi connectivity index (χ2n) is 6.23. The highest BCUT2D eigenvalue weighted by Gasteiger charge is 2.22. The Balaban J connectivity index is 1.83. The zero-order valence-electron chi connectivity index (χ0n) is 14.7. The van der Waals surface area contributed by atoms with Gasteiger partial charge < -0.3 is 20.1 Å². The van der Waals surface area contributed by atoms with Gasteiger partial charge in [-0.3, -0.25) is 4.79 Å². The Morgan fingerprint density at radius 1 is 1.35 bits per heavy atom. The van der Waals surface area contributed by atoms with Gasteiger partial charge in [-0.1, -0.05) is 41.9 Å². The maximum Gasteiger partial charge on any atom is 0.222 e. The highest BCUT2D eigenvalue weighted by molar-refractivity contribution is 6.31. The van der Waals surface area contributed by atoms with Crippen LogP contribution in [0.4, 0.5) is 0 Å². The number of hydrogen-bond donors (Lipinski definition) is 2. The fourth-order valence-corrected chi connectivity index (χ4v) is 3.31. The van der Waals surface area contributed by atoms with Gasteiger partial charge in [0.25, 0.3) is 0 Å². The number of ether oxygens (including phenoxy) is 2. The summed E-state index contributed by atoms with van der Waals surface area (Å²) in [7, 11) is 1.62. The molecule has 1 saturated heterocycles. The average molecular weight is 375 g/mol. The standard InChI is InChI=1S/C20H23ClN2O3/c1-25-16-6-4-5-14(11-16)20(17-7-2-3-8-18(17)21)23-19(24)12-15-13-26-10-9-22-15/h2-8,11,15,20,22H,9-10,12-13H2,1H3,(H,23,24). The molecular weight excluding hydrogens is 352 g/mol. The average Bonchev–Trinajstić information content (AvgIpc) is 2.67. The molecule has 5 nitrogen and oxygen atoms in total. The maximum atomic E-state index is 12.7. The smallest absolute Gasteiger partial charge is 0.222 e. The maximum absolute atomic E-state index is 12.7. The molecule has 0 aliphatic carbocycles. The summed E-state index contributed by atoms with van der Waals surface area (Å²) in [5.74, 6) is 0.678. The van der Waals surface area contributed by atoms with E-state index in [1.807, 2.05) is 48.5 Å². The highest BCUT2D eigenvalue weighted by Crippen LogP contribution is 2.30. The third-order valence-electron chi connectivity index (χ3n) is 4.38. The minimum Gasteiger partial charge on any atom is -0.497 e. The largest absolute Gasteiger partial charge is 0.497 e. The van der Waals surface area contributed by atoms with E-state index in [9.17, 15) is 4.79 Å². The fraction of sp³-hybridized carbons (Fsp3) is 0.350. The van der Waals surface area contributed by atoms with Crippen LogP contribution < -0.4 is 15.4 Å². The number of carbonyl (C=O) groups is 1. The molecular formula is C20H23ClN2O3. The first kappa shape index (κ1) is 18.7. The molecule has 6 heteroatoms. The van der Waals surface area contributed by atoms with E-state index in [2.05, 4.69) is 10.6 Å². The summed E-state index contributed by atoms with van der Waals surface area (Å²) in [6.07, 6.45) is 0.352. The molecule has 2 aromatic carbocycles.